The Bertz CT molecular complexity index is 467. The van der Waals surface area contributed by atoms with Gasteiger partial charge in [-0.05, 0) is 43.9 Å². The molecule has 2 rings (SSSR count). The summed E-state index contributed by atoms with van der Waals surface area (Å²) in [5.74, 6) is -0.381. The molecule has 1 aromatic carbocycles. The molecule has 4 nitrogen and oxygen atoms in total. The number of aliphatic hydroxyl groups is 1. The van der Waals surface area contributed by atoms with Crippen molar-refractivity contribution in [1.29, 1.82) is 0 Å². The first-order chi connectivity index (χ1) is 10.0. The molecule has 0 spiro atoms. The molecule has 1 saturated heterocycles. The molecule has 0 saturated carbocycles. The van der Waals surface area contributed by atoms with Gasteiger partial charge in [0.1, 0.15) is 5.82 Å². The van der Waals surface area contributed by atoms with Gasteiger partial charge in [-0.1, -0.05) is 12.1 Å². The summed E-state index contributed by atoms with van der Waals surface area (Å²) in [6.07, 6.45) is 1.24. The van der Waals surface area contributed by atoms with E-state index in [1.165, 1.54) is 12.1 Å². The van der Waals surface area contributed by atoms with Crippen LogP contribution in [0.1, 0.15) is 31.7 Å². The lowest BCUT2D eigenvalue weighted by molar-refractivity contribution is -0.130. The van der Waals surface area contributed by atoms with Crippen LogP contribution >= 0.6 is 0 Å². The van der Waals surface area contributed by atoms with Crippen molar-refractivity contribution < 1.29 is 19.0 Å². The molecule has 0 radical (unpaired) electrons. The minimum Gasteiger partial charge on any atom is -0.393 e. The smallest absolute Gasteiger partial charge is 0.230 e. The Morgan fingerprint density at radius 1 is 1.38 bits per heavy atom. The summed E-state index contributed by atoms with van der Waals surface area (Å²) >= 11 is 0. The van der Waals surface area contributed by atoms with E-state index in [0.29, 0.717) is 39.0 Å². The molecule has 1 atom stereocenters. The number of aliphatic hydroxyl groups excluding tert-OH is 1. The van der Waals surface area contributed by atoms with Gasteiger partial charge in [-0.25, -0.2) is 4.39 Å². The lowest BCUT2D eigenvalue weighted by Gasteiger charge is -2.36. The minimum absolute atomic E-state index is 0.0712. The van der Waals surface area contributed by atoms with E-state index in [1.54, 1.807) is 19.1 Å². The van der Waals surface area contributed by atoms with E-state index in [-0.39, 0.29) is 11.7 Å². The number of rotatable bonds is 5. The Labute approximate surface area is 124 Å². The molecular formula is C16H22FNO3. The minimum atomic E-state index is -0.662. The van der Waals surface area contributed by atoms with Crippen LogP contribution in [0.15, 0.2) is 24.3 Å². The van der Waals surface area contributed by atoms with E-state index in [0.717, 1.165) is 5.56 Å². The molecule has 1 unspecified atom stereocenters. The zero-order valence-electron chi connectivity index (χ0n) is 12.3. The Morgan fingerprint density at radius 2 is 2.00 bits per heavy atom. The van der Waals surface area contributed by atoms with Crippen LogP contribution in [0, 0.1) is 5.82 Å². The van der Waals surface area contributed by atoms with Crippen molar-refractivity contribution in [2.24, 2.45) is 0 Å². The van der Waals surface area contributed by atoms with E-state index in [2.05, 4.69) is 5.32 Å². The molecule has 1 aromatic rings. The summed E-state index contributed by atoms with van der Waals surface area (Å²) in [4.78, 5) is 12.6. The highest BCUT2D eigenvalue weighted by atomic mass is 19.1. The molecule has 1 aliphatic rings. The molecule has 5 heteroatoms. The summed E-state index contributed by atoms with van der Waals surface area (Å²) in [6, 6.07) is 6.12. The standard InChI is InChI=1S/C16H22FNO3/c1-12(19)6-9-18-15(20)16(7-10-21-11-8-16)13-2-4-14(17)5-3-13/h2-5,12,19H,6-11H2,1H3,(H,18,20). The second-order valence-corrected chi connectivity index (χ2v) is 5.59. The van der Waals surface area contributed by atoms with E-state index in [9.17, 15) is 14.3 Å². The third-order valence-electron chi connectivity index (χ3n) is 4.03. The molecule has 1 heterocycles. The third kappa shape index (κ3) is 3.80. The summed E-state index contributed by atoms with van der Waals surface area (Å²) < 4.78 is 18.5. The number of hydrogen-bond acceptors (Lipinski definition) is 3. The average Bonchev–Trinajstić information content (AvgIpc) is 2.48. The lowest BCUT2D eigenvalue weighted by Crippen LogP contribution is -2.48. The molecule has 1 fully saturated rings. The van der Waals surface area contributed by atoms with Gasteiger partial charge in [-0.3, -0.25) is 4.79 Å². The first-order valence-electron chi connectivity index (χ1n) is 7.35. The predicted octanol–water partition coefficient (Wildman–Crippen LogP) is 1.76. The highest BCUT2D eigenvalue weighted by Crippen LogP contribution is 2.35. The second-order valence-electron chi connectivity index (χ2n) is 5.59. The summed E-state index contributed by atoms with van der Waals surface area (Å²) in [5, 5.41) is 12.2. The Morgan fingerprint density at radius 3 is 2.57 bits per heavy atom. The van der Waals surface area contributed by atoms with Crippen LogP contribution in [-0.4, -0.2) is 36.9 Å². The quantitative estimate of drug-likeness (QED) is 0.870. The van der Waals surface area contributed by atoms with Gasteiger partial charge in [0, 0.05) is 19.8 Å². The van der Waals surface area contributed by atoms with Gasteiger partial charge in [-0.2, -0.15) is 0 Å². The van der Waals surface area contributed by atoms with Crippen LogP contribution in [0.3, 0.4) is 0 Å². The number of benzene rings is 1. The van der Waals surface area contributed by atoms with Gasteiger partial charge in [-0.15, -0.1) is 0 Å². The van der Waals surface area contributed by atoms with Crippen molar-refractivity contribution in [3.05, 3.63) is 35.6 Å². The van der Waals surface area contributed by atoms with Crippen LogP contribution in [0.5, 0.6) is 0 Å². The number of hydrogen-bond donors (Lipinski definition) is 2. The fourth-order valence-corrected chi connectivity index (χ4v) is 2.70. The third-order valence-corrected chi connectivity index (χ3v) is 4.03. The zero-order chi connectivity index (χ0) is 15.3. The van der Waals surface area contributed by atoms with E-state index < -0.39 is 11.5 Å². The average molecular weight is 295 g/mol. The van der Waals surface area contributed by atoms with Crippen LogP contribution in [0.2, 0.25) is 0 Å². The monoisotopic (exact) mass is 295 g/mol. The fourth-order valence-electron chi connectivity index (χ4n) is 2.70. The maximum atomic E-state index is 13.1. The summed E-state index contributed by atoms with van der Waals surface area (Å²) in [7, 11) is 0. The fraction of sp³-hybridized carbons (Fsp3) is 0.562. The molecule has 0 bridgehead atoms. The normalized spacial score (nSPS) is 19.0. The summed E-state index contributed by atoms with van der Waals surface area (Å²) in [5.41, 5.74) is 0.159. The van der Waals surface area contributed by atoms with Crippen LogP contribution < -0.4 is 5.32 Å². The van der Waals surface area contributed by atoms with Crippen molar-refractivity contribution in [3.63, 3.8) is 0 Å². The Kier molecular flexibility index (Phi) is 5.31. The maximum absolute atomic E-state index is 13.1. The number of halogens is 1. The Hall–Kier alpha value is -1.46. The molecular weight excluding hydrogens is 273 g/mol. The van der Waals surface area contributed by atoms with Crippen LogP contribution in [0.4, 0.5) is 4.39 Å². The number of carbonyl (C=O) groups excluding carboxylic acids is 1. The topological polar surface area (TPSA) is 58.6 Å². The van der Waals surface area contributed by atoms with Gasteiger partial charge in [0.15, 0.2) is 0 Å². The van der Waals surface area contributed by atoms with E-state index >= 15 is 0 Å². The Balaban J connectivity index is 2.16. The number of carbonyl (C=O) groups is 1. The van der Waals surface area contributed by atoms with E-state index in [4.69, 9.17) is 4.74 Å². The van der Waals surface area contributed by atoms with Gasteiger partial charge in [0.05, 0.1) is 11.5 Å². The van der Waals surface area contributed by atoms with Crippen molar-refractivity contribution in [3.8, 4) is 0 Å². The number of nitrogens with one attached hydrogen (secondary N) is 1. The maximum Gasteiger partial charge on any atom is 0.230 e. The van der Waals surface area contributed by atoms with Gasteiger partial charge < -0.3 is 15.2 Å². The molecule has 116 valence electrons. The van der Waals surface area contributed by atoms with Gasteiger partial charge >= 0.3 is 0 Å². The van der Waals surface area contributed by atoms with Crippen LogP contribution in [-0.2, 0) is 14.9 Å². The van der Waals surface area contributed by atoms with E-state index in [1.807, 2.05) is 0 Å². The largest absolute Gasteiger partial charge is 0.393 e. The zero-order valence-corrected chi connectivity index (χ0v) is 12.3. The molecule has 1 amide bonds. The summed E-state index contributed by atoms with van der Waals surface area (Å²) in [6.45, 7) is 3.15. The first kappa shape index (κ1) is 15.9. The SMILES string of the molecule is CC(O)CCNC(=O)C1(c2ccc(F)cc2)CCOCC1. The van der Waals surface area contributed by atoms with Gasteiger partial charge in [0.25, 0.3) is 0 Å². The molecule has 0 aliphatic carbocycles. The lowest BCUT2D eigenvalue weighted by atomic mass is 9.73. The van der Waals surface area contributed by atoms with Crippen molar-refractivity contribution in [2.75, 3.05) is 19.8 Å². The molecule has 1 aliphatic heterocycles. The number of ether oxygens (including phenoxy) is 1. The van der Waals surface area contributed by atoms with Crippen molar-refractivity contribution in [1.82, 2.24) is 5.32 Å². The van der Waals surface area contributed by atoms with Crippen molar-refractivity contribution >= 4 is 5.91 Å². The van der Waals surface area contributed by atoms with Gasteiger partial charge in [0.2, 0.25) is 5.91 Å². The molecule has 2 N–H and O–H groups in total. The second kappa shape index (κ2) is 7.00. The highest BCUT2D eigenvalue weighted by molar-refractivity contribution is 5.88. The van der Waals surface area contributed by atoms with Crippen molar-refractivity contribution in [2.45, 2.75) is 37.7 Å². The molecule has 21 heavy (non-hydrogen) atoms. The van der Waals surface area contributed by atoms with Crippen LogP contribution in [0.25, 0.3) is 0 Å². The predicted molar refractivity (Wildman–Crippen MR) is 77.4 cm³/mol. The molecule has 0 aromatic heterocycles. The highest BCUT2D eigenvalue weighted by Gasteiger charge is 2.41. The number of amides is 1. The first-order valence-corrected chi connectivity index (χ1v) is 7.35.